The Labute approximate surface area is 79.6 Å². The van der Waals surface area contributed by atoms with Crippen LogP contribution in [0.15, 0.2) is 12.2 Å². The first kappa shape index (κ1) is 8.79. The molecule has 0 N–H and O–H groups in total. The van der Waals surface area contributed by atoms with E-state index in [1.807, 2.05) is 0 Å². The fourth-order valence-electron chi connectivity index (χ4n) is 2.46. The van der Waals surface area contributed by atoms with E-state index in [9.17, 15) is 4.79 Å². The molecule has 2 rings (SSSR count). The summed E-state index contributed by atoms with van der Waals surface area (Å²) in [6.07, 6.45) is 9.59. The minimum absolute atomic E-state index is 0.361. The third-order valence-corrected chi connectivity index (χ3v) is 3.06. The summed E-state index contributed by atoms with van der Waals surface area (Å²) in [5.41, 5.74) is 0. The highest BCUT2D eigenvalue weighted by Crippen LogP contribution is 2.31. The monoisotopic (exact) mass is 179 g/mol. The molecule has 0 aromatic rings. The smallest absolute Gasteiger partial charge is 0.223 e. The second-order valence-electron chi connectivity index (χ2n) is 4.01. The van der Waals surface area contributed by atoms with Gasteiger partial charge in [0, 0.05) is 12.5 Å². The Balaban J connectivity index is 2.07. The molecule has 0 saturated carbocycles. The molecular weight excluding hydrogens is 162 g/mol. The molecule has 13 heavy (non-hydrogen) atoms. The van der Waals surface area contributed by atoms with Crippen LogP contribution in [0.1, 0.15) is 39.0 Å². The highest BCUT2D eigenvalue weighted by Gasteiger charge is 2.36. The second-order valence-corrected chi connectivity index (χ2v) is 4.01. The topological polar surface area (TPSA) is 20.3 Å². The molecular formula is C11H17NO. The fraction of sp³-hybridized carbons (Fsp3) is 0.727. The van der Waals surface area contributed by atoms with Crippen molar-refractivity contribution >= 4 is 5.91 Å². The van der Waals surface area contributed by atoms with Gasteiger partial charge in [-0.15, -0.1) is 0 Å². The predicted molar refractivity (Wildman–Crippen MR) is 52.3 cm³/mol. The van der Waals surface area contributed by atoms with Crippen LogP contribution in [0, 0.1) is 0 Å². The zero-order chi connectivity index (χ0) is 9.26. The van der Waals surface area contributed by atoms with Gasteiger partial charge in [-0.3, -0.25) is 4.79 Å². The minimum Gasteiger partial charge on any atom is -0.333 e. The van der Waals surface area contributed by atoms with Gasteiger partial charge in [0.1, 0.15) is 0 Å². The van der Waals surface area contributed by atoms with Gasteiger partial charge in [-0.2, -0.15) is 0 Å². The molecule has 0 aromatic heterocycles. The van der Waals surface area contributed by atoms with Crippen molar-refractivity contribution in [1.82, 2.24) is 4.90 Å². The number of amides is 1. The summed E-state index contributed by atoms with van der Waals surface area (Å²) in [4.78, 5) is 13.9. The Bertz CT molecular complexity index is 234. The number of hydrogen-bond donors (Lipinski definition) is 0. The summed E-state index contributed by atoms with van der Waals surface area (Å²) in [5.74, 6) is 0.361. The normalized spacial score (nSPS) is 31.0. The van der Waals surface area contributed by atoms with E-state index in [-0.39, 0.29) is 0 Å². The van der Waals surface area contributed by atoms with Crippen molar-refractivity contribution in [1.29, 1.82) is 0 Å². The van der Waals surface area contributed by atoms with Crippen LogP contribution in [-0.4, -0.2) is 22.9 Å². The molecule has 0 aliphatic carbocycles. The van der Waals surface area contributed by atoms with Crippen molar-refractivity contribution in [2.45, 2.75) is 51.1 Å². The average Bonchev–Trinajstić information content (AvgIpc) is 2.37. The third-order valence-electron chi connectivity index (χ3n) is 3.06. The molecule has 0 aromatic carbocycles. The van der Waals surface area contributed by atoms with Crippen LogP contribution in [0.4, 0.5) is 0 Å². The summed E-state index contributed by atoms with van der Waals surface area (Å²) >= 11 is 0. The summed E-state index contributed by atoms with van der Waals surface area (Å²) in [7, 11) is 0. The van der Waals surface area contributed by atoms with Crippen molar-refractivity contribution < 1.29 is 4.79 Å². The molecule has 2 bridgehead atoms. The lowest BCUT2D eigenvalue weighted by Gasteiger charge is -2.31. The molecule has 1 fully saturated rings. The Morgan fingerprint density at radius 1 is 1.54 bits per heavy atom. The lowest BCUT2D eigenvalue weighted by atomic mass is 10.1. The number of carbonyl (C=O) groups is 1. The molecule has 2 heterocycles. The number of nitrogens with zero attached hydrogens (tertiary/aromatic N) is 1. The first-order valence-electron chi connectivity index (χ1n) is 5.30. The molecule has 0 radical (unpaired) electrons. The summed E-state index contributed by atoms with van der Waals surface area (Å²) in [6, 6.07) is 0.951. The Morgan fingerprint density at radius 3 is 3.08 bits per heavy atom. The molecule has 2 atom stereocenters. The van der Waals surface area contributed by atoms with Crippen molar-refractivity contribution in [2.75, 3.05) is 0 Å². The first-order chi connectivity index (χ1) is 6.33. The number of rotatable bonds is 2. The van der Waals surface area contributed by atoms with E-state index in [2.05, 4.69) is 24.0 Å². The van der Waals surface area contributed by atoms with E-state index >= 15 is 0 Å². The minimum atomic E-state index is 0.361. The van der Waals surface area contributed by atoms with E-state index in [0.29, 0.717) is 18.0 Å². The second kappa shape index (κ2) is 3.52. The van der Waals surface area contributed by atoms with Crippen LogP contribution >= 0.6 is 0 Å². The molecule has 2 heteroatoms. The number of hydrogen-bond acceptors (Lipinski definition) is 1. The van der Waals surface area contributed by atoms with Gasteiger partial charge in [0.25, 0.3) is 0 Å². The van der Waals surface area contributed by atoms with Crippen LogP contribution in [0.3, 0.4) is 0 Å². The van der Waals surface area contributed by atoms with Crippen LogP contribution in [0.5, 0.6) is 0 Å². The van der Waals surface area contributed by atoms with Gasteiger partial charge in [0.15, 0.2) is 0 Å². The zero-order valence-electron chi connectivity index (χ0n) is 8.20. The van der Waals surface area contributed by atoms with Gasteiger partial charge in [0.05, 0.1) is 6.04 Å². The van der Waals surface area contributed by atoms with Crippen molar-refractivity contribution in [3.05, 3.63) is 12.2 Å². The quantitative estimate of drug-likeness (QED) is 0.594. The van der Waals surface area contributed by atoms with Crippen LogP contribution in [0.2, 0.25) is 0 Å². The SMILES string of the molecule is CCCC(=O)N1C2C=CCC1CC2. The van der Waals surface area contributed by atoms with Gasteiger partial charge >= 0.3 is 0 Å². The standard InChI is InChI=1S/C11H17NO/c1-2-4-11(13)12-9-5-3-6-10(12)8-7-9/h3,5,9-10H,2,4,6-8H2,1H3. The molecule has 2 unspecified atom stereocenters. The first-order valence-corrected chi connectivity index (χ1v) is 5.30. The van der Waals surface area contributed by atoms with Crippen molar-refractivity contribution in [3.63, 3.8) is 0 Å². The van der Waals surface area contributed by atoms with Crippen molar-refractivity contribution in [2.24, 2.45) is 0 Å². The fourth-order valence-corrected chi connectivity index (χ4v) is 2.46. The summed E-state index contributed by atoms with van der Waals surface area (Å²) < 4.78 is 0. The molecule has 2 aliphatic rings. The van der Waals surface area contributed by atoms with E-state index in [0.717, 1.165) is 19.3 Å². The van der Waals surface area contributed by atoms with Gasteiger partial charge in [0.2, 0.25) is 5.91 Å². The lowest BCUT2D eigenvalue weighted by molar-refractivity contribution is -0.133. The number of fused-ring (bicyclic) bond motifs is 2. The molecule has 2 aliphatic heterocycles. The largest absolute Gasteiger partial charge is 0.333 e. The van der Waals surface area contributed by atoms with Gasteiger partial charge in [-0.1, -0.05) is 19.1 Å². The maximum absolute atomic E-state index is 11.8. The molecule has 72 valence electrons. The Kier molecular flexibility index (Phi) is 2.38. The van der Waals surface area contributed by atoms with Crippen molar-refractivity contribution in [3.8, 4) is 0 Å². The van der Waals surface area contributed by atoms with Crippen LogP contribution in [0.25, 0.3) is 0 Å². The zero-order valence-corrected chi connectivity index (χ0v) is 8.20. The van der Waals surface area contributed by atoms with Crippen LogP contribution < -0.4 is 0 Å². The van der Waals surface area contributed by atoms with E-state index in [4.69, 9.17) is 0 Å². The number of carbonyl (C=O) groups excluding carboxylic acids is 1. The Morgan fingerprint density at radius 2 is 2.38 bits per heavy atom. The lowest BCUT2D eigenvalue weighted by Crippen LogP contribution is -2.41. The summed E-state index contributed by atoms with van der Waals surface area (Å²) in [5, 5.41) is 0. The van der Waals surface area contributed by atoms with Gasteiger partial charge in [-0.05, 0) is 25.7 Å². The highest BCUT2D eigenvalue weighted by molar-refractivity contribution is 5.77. The average molecular weight is 179 g/mol. The third kappa shape index (κ3) is 1.50. The molecule has 1 saturated heterocycles. The van der Waals surface area contributed by atoms with Gasteiger partial charge in [-0.25, -0.2) is 0 Å². The van der Waals surface area contributed by atoms with Crippen LogP contribution in [-0.2, 0) is 4.79 Å². The highest BCUT2D eigenvalue weighted by atomic mass is 16.2. The Hall–Kier alpha value is -0.790. The van der Waals surface area contributed by atoms with E-state index in [1.54, 1.807) is 0 Å². The molecule has 0 spiro atoms. The summed E-state index contributed by atoms with van der Waals surface area (Å²) in [6.45, 7) is 2.07. The maximum atomic E-state index is 11.8. The van der Waals surface area contributed by atoms with E-state index < -0.39 is 0 Å². The molecule has 1 amide bonds. The molecule has 2 nitrogen and oxygen atoms in total. The van der Waals surface area contributed by atoms with Gasteiger partial charge < -0.3 is 4.90 Å². The van der Waals surface area contributed by atoms with E-state index in [1.165, 1.54) is 12.8 Å². The predicted octanol–water partition coefficient (Wildman–Crippen LogP) is 2.11. The maximum Gasteiger partial charge on any atom is 0.223 e.